The molecule has 0 radical (unpaired) electrons. The van der Waals surface area contributed by atoms with Crippen molar-refractivity contribution in [2.75, 3.05) is 25.6 Å². The van der Waals surface area contributed by atoms with Crippen LogP contribution in [-0.4, -0.2) is 30.3 Å². The minimum absolute atomic E-state index is 0.487. The van der Waals surface area contributed by atoms with Crippen molar-refractivity contribution in [3.63, 3.8) is 0 Å². The molecule has 6 nitrogen and oxygen atoms in total. The van der Waals surface area contributed by atoms with E-state index in [0.717, 1.165) is 44.7 Å². The molecule has 0 aliphatic carbocycles. The number of hydrogen-bond acceptors (Lipinski definition) is 5. The Bertz CT molecular complexity index is 1210. The summed E-state index contributed by atoms with van der Waals surface area (Å²) in [5.74, 6) is 0.767. The molecule has 4 aromatic rings. The first-order valence-electron chi connectivity index (χ1n) is 9.65. The molecule has 2 aromatic carbocycles. The summed E-state index contributed by atoms with van der Waals surface area (Å²) in [6.07, 6.45) is 5.28. The van der Waals surface area contributed by atoms with Crippen molar-refractivity contribution in [2.45, 2.75) is 6.92 Å². The molecule has 2 aromatic heterocycles. The molecule has 0 amide bonds. The van der Waals surface area contributed by atoms with Gasteiger partial charge in [-0.3, -0.25) is 4.98 Å². The summed E-state index contributed by atoms with van der Waals surface area (Å²) in [7, 11) is 1.64. The highest BCUT2D eigenvalue weighted by Crippen LogP contribution is 2.35. The molecule has 0 bridgehead atoms. The van der Waals surface area contributed by atoms with E-state index in [1.54, 1.807) is 19.5 Å². The Balaban J connectivity index is 1.70. The van der Waals surface area contributed by atoms with E-state index in [1.165, 1.54) is 0 Å². The molecule has 2 N–H and O–H groups in total. The highest BCUT2D eigenvalue weighted by molar-refractivity contribution is 5.91. The van der Waals surface area contributed by atoms with E-state index >= 15 is 0 Å². The van der Waals surface area contributed by atoms with Gasteiger partial charge in [0.05, 0.1) is 17.9 Å². The van der Waals surface area contributed by atoms with Crippen LogP contribution >= 0.6 is 0 Å². The van der Waals surface area contributed by atoms with Crippen LogP contribution in [0.15, 0.2) is 61.1 Å². The van der Waals surface area contributed by atoms with Crippen LogP contribution in [0.2, 0.25) is 0 Å². The molecule has 0 saturated heterocycles. The summed E-state index contributed by atoms with van der Waals surface area (Å²) < 4.78 is 10.7. The van der Waals surface area contributed by atoms with E-state index < -0.39 is 0 Å². The van der Waals surface area contributed by atoms with Crippen LogP contribution in [0.1, 0.15) is 11.1 Å². The maximum absolute atomic E-state index is 9.67. The summed E-state index contributed by atoms with van der Waals surface area (Å²) in [6, 6.07) is 16.1. The SMILES string of the molecule is COCCOc1ccc(-c2cncc(C#N)c2Nc2ccc3[nH]ccc3c2C)cc1. The lowest BCUT2D eigenvalue weighted by atomic mass is 10.0. The molecule has 0 spiro atoms. The monoisotopic (exact) mass is 398 g/mol. The predicted octanol–water partition coefficient (Wildman–Crippen LogP) is 5.18. The maximum Gasteiger partial charge on any atom is 0.119 e. The molecular formula is C24H22N4O2. The van der Waals surface area contributed by atoms with Gasteiger partial charge in [-0.05, 0) is 48.4 Å². The topological polar surface area (TPSA) is 83.0 Å². The van der Waals surface area contributed by atoms with Crippen LogP contribution in [0.25, 0.3) is 22.0 Å². The smallest absolute Gasteiger partial charge is 0.119 e. The number of benzene rings is 2. The number of anilines is 2. The summed E-state index contributed by atoms with van der Waals surface area (Å²) in [6.45, 7) is 3.10. The lowest BCUT2D eigenvalue weighted by molar-refractivity contribution is 0.146. The van der Waals surface area contributed by atoms with Crippen molar-refractivity contribution < 1.29 is 9.47 Å². The molecule has 150 valence electrons. The zero-order valence-electron chi connectivity index (χ0n) is 16.9. The number of aryl methyl sites for hydroxylation is 1. The fraction of sp³-hybridized carbons (Fsp3) is 0.167. The second-order valence-electron chi connectivity index (χ2n) is 6.89. The number of pyridine rings is 1. The standard InChI is InChI=1S/C24H22N4O2/c1-16-20-9-10-27-23(20)8-7-22(16)28-24-18(13-25)14-26-15-21(24)17-3-5-19(6-4-17)30-12-11-29-2/h3-10,14-15,27H,11-12H2,1-2H3,(H,26,28). The Hall–Kier alpha value is -3.82. The Labute approximate surface area is 175 Å². The van der Waals surface area contributed by atoms with E-state index in [2.05, 4.69) is 34.3 Å². The number of nitrogens with one attached hydrogen (secondary N) is 2. The molecule has 0 aliphatic rings. The molecular weight excluding hydrogens is 376 g/mol. The largest absolute Gasteiger partial charge is 0.491 e. The number of ether oxygens (including phenoxy) is 2. The van der Waals surface area contributed by atoms with Gasteiger partial charge in [0.1, 0.15) is 18.4 Å². The molecule has 0 atom stereocenters. The fourth-order valence-electron chi connectivity index (χ4n) is 3.43. The Kier molecular flexibility index (Phi) is 5.64. The van der Waals surface area contributed by atoms with Gasteiger partial charge in [-0.25, -0.2) is 0 Å². The third-order valence-corrected chi connectivity index (χ3v) is 5.05. The van der Waals surface area contributed by atoms with Gasteiger partial charge in [0.25, 0.3) is 0 Å². The highest BCUT2D eigenvalue weighted by atomic mass is 16.5. The number of hydrogen-bond donors (Lipinski definition) is 2. The third-order valence-electron chi connectivity index (χ3n) is 5.05. The van der Waals surface area contributed by atoms with E-state index in [4.69, 9.17) is 9.47 Å². The Morgan fingerprint density at radius 1 is 1.07 bits per heavy atom. The van der Waals surface area contributed by atoms with E-state index in [9.17, 15) is 5.26 Å². The average molecular weight is 398 g/mol. The lowest BCUT2D eigenvalue weighted by Crippen LogP contribution is -2.04. The first-order valence-corrected chi connectivity index (χ1v) is 9.65. The third kappa shape index (κ3) is 3.84. The van der Waals surface area contributed by atoms with Gasteiger partial charge in [-0.15, -0.1) is 0 Å². The number of fused-ring (bicyclic) bond motifs is 1. The van der Waals surface area contributed by atoms with Crippen molar-refractivity contribution in [3.8, 4) is 22.9 Å². The molecule has 2 heterocycles. The van der Waals surface area contributed by atoms with Gasteiger partial charge in [0.15, 0.2) is 0 Å². The van der Waals surface area contributed by atoms with Gasteiger partial charge < -0.3 is 19.8 Å². The average Bonchev–Trinajstić information content (AvgIpc) is 3.26. The molecule has 0 saturated carbocycles. The molecule has 0 aliphatic heterocycles. The van der Waals surface area contributed by atoms with Gasteiger partial charge in [-0.2, -0.15) is 5.26 Å². The number of rotatable bonds is 7. The number of aromatic nitrogens is 2. The second kappa shape index (κ2) is 8.68. The normalized spacial score (nSPS) is 10.7. The molecule has 4 rings (SSSR count). The Morgan fingerprint density at radius 3 is 2.67 bits per heavy atom. The van der Waals surface area contributed by atoms with Crippen LogP contribution in [0.5, 0.6) is 5.75 Å². The molecule has 0 fully saturated rings. The van der Waals surface area contributed by atoms with Crippen molar-refractivity contribution in [2.24, 2.45) is 0 Å². The molecule has 6 heteroatoms. The zero-order valence-corrected chi connectivity index (χ0v) is 16.9. The number of aromatic amines is 1. The van der Waals surface area contributed by atoms with Crippen molar-refractivity contribution in [3.05, 3.63) is 72.2 Å². The van der Waals surface area contributed by atoms with Crippen LogP contribution in [0.4, 0.5) is 11.4 Å². The Morgan fingerprint density at radius 2 is 1.90 bits per heavy atom. The first kappa shape index (κ1) is 19.5. The summed E-state index contributed by atoms with van der Waals surface area (Å²) >= 11 is 0. The van der Waals surface area contributed by atoms with E-state index in [-0.39, 0.29) is 0 Å². The minimum Gasteiger partial charge on any atom is -0.491 e. The fourth-order valence-corrected chi connectivity index (χ4v) is 3.43. The molecule has 0 unspecified atom stereocenters. The van der Waals surface area contributed by atoms with E-state index in [0.29, 0.717) is 18.8 Å². The van der Waals surface area contributed by atoms with Crippen LogP contribution in [0, 0.1) is 18.3 Å². The van der Waals surface area contributed by atoms with Crippen LogP contribution in [0.3, 0.4) is 0 Å². The van der Waals surface area contributed by atoms with Crippen LogP contribution in [-0.2, 0) is 4.74 Å². The van der Waals surface area contributed by atoms with Gasteiger partial charge in [-0.1, -0.05) is 12.1 Å². The van der Waals surface area contributed by atoms with Crippen molar-refractivity contribution in [1.82, 2.24) is 9.97 Å². The summed E-state index contributed by atoms with van der Waals surface area (Å²) in [5.41, 5.74) is 6.16. The predicted molar refractivity (Wildman–Crippen MR) is 118 cm³/mol. The number of nitriles is 1. The lowest BCUT2D eigenvalue weighted by Gasteiger charge is -2.16. The zero-order chi connectivity index (χ0) is 20.9. The van der Waals surface area contributed by atoms with Crippen LogP contribution < -0.4 is 10.1 Å². The maximum atomic E-state index is 9.67. The number of methoxy groups -OCH3 is 1. The first-order chi connectivity index (χ1) is 14.7. The summed E-state index contributed by atoms with van der Waals surface area (Å²) in [5, 5.41) is 14.3. The quantitative estimate of drug-likeness (QED) is 0.419. The van der Waals surface area contributed by atoms with Gasteiger partial charge in [0, 0.05) is 47.9 Å². The molecule has 30 heavy (non-hydrogen) atoms. The van der Waals surface area contributed by atoms with Crippen molar-refractivity contribution in [1.29, 1.82) is 5.26 Å². The van der Waals surface area contributed by atoms with Gasteiger partial charge >= 0.3 is 0 Å². The van der Waals surface area contributed by atoms with E-state index in [1.807, 2.05) is 42.6 Å². The number of H-pyrrole nitrogens is 1. The van der Waals surface area contributed by atoms with Gasteiger partial charge in [0.2, 0.25) is 0 Å². The van der Waals surface area contributed by atoms with Crippen molar-refractivity contribution >= 4 is 22.3 Å². The second-order valence-corrected chi connectivity index (χ2v) is 6.89. The highest BCUT2D eigenvalue weighted by Gasteiger charge is 2.14. The minimum atomic E-state index is 0.487. The number of nitrogens with zero attached hydrogens (tertiary/aromatic N) is 2. The summed E-state index contributed by atoms with van der Waals surface area (Å²) in [4.78, 5) is 7.49.